The van der Waals surface area contributed by atoms with Crippen molar-refractivity contribution in [1.82, 2.24) is 15.4 Å². The fourth-order valence-corrected chi connectivity index (χ4v) is 2.13. The fourth-order valence-electron chi connectivity index (χ4n) is 1.22. The van der Waals surface area contributed by atoms with Crippen molar-refractivity contribution in [3.63, 3.8) is 0 Å². The minimum atomic E-state index is 0.672. The Labute approximate surface area is 79.8 Å². The highest BCUT2D eigenvalue weighted by atomic mass is 32.1. The van der Waals surface area contributed by atoms with Crippen LogP contribution in [0.15, 0.2) is 17.6 Å². The van der Waals surface area contributed by atoms with Gasteiger partial charge in [-0.3, -0.25) is 0 Å². The molecule has 0 fully saturated rings. The summed E-state index contributed by atoms with van der Waals surface area (Å²) in [6.07, 6.45) is 2.63. The number of thiophene rings is 1. The van der Waals surface area contributed by atoms with Crippen molar-refractivity contribution in [3.8, 4) is 11.3 Å². The van der Waals surface area contributed by atoms with Crippen molar-refractivity contribution < 1.29 is 0 Å². The smallest absolute Gasteiger partial charge is 0.113 e. The van der Waals surface area contributed by atoms with Crippen LogP contribution in [-0.4, -0.2) is 22.0 Å². The van der Waals surface area contributed by atoms with Gasteiger partial charge in [0.05, 0.1) is 6.20 Å². The van der Waals surface area contributed by atoms with Gasteiger partial charge in [-0.05, 0) is 24.4 Å². The van der Waals surface area contributed by atoms with E-state index in [2.05, 4.69) is 20.8 Å². The molecule has 0 saturated heterocycles. The summed E-state index contributed by atoms with van der Waals surface area (Å²) < 4.78 is 0. The first-order valence-electron chi connectivity index (χ1n) is 4.04. The van der Waals surface area contributed by atoms with Gasteiger partial charge in [0, 0.05) is 10.4 Å². The fraction of sp³-hybridized carbons (Fsp3) is 0.250. The van der Waals surface area contributed by atoms with Crippen molar-refractivity contribution in [1.29, 1.82) is 0 Å². The van der Waals surface area contributed by atoms with Crippen molar-refractivity contribution >= 4 is 11.3 Å². The lowest BCUT2D eigenvalue weighted by Gasteiger charge is -1.96. The van der Waals surface area contributed by atoms with Crippen LogP contribution in [0.25, 0.3) is 11.3 Å². The predicted molar refractivity (Wildman–Crippen MR) is 52.5 cm³/mol. The number of nitrogens with one attached hydrogen (secondary N) is 1. The normalized spacial score (nSPS) is 10.5. The molecular formula is C8H10N4S. The van der Waals surface area contributed by atoms with E-state index in [1.54, 1.807) is 17.5 Å². The molecule has 5 heteroatoms. The maximum atomic E-state index is 5.50. The third kappa shape index (κ3) is 1.61. The standard InChI is InChI=1S/C8H10N4S/c9-3-1-8-6(2-4-13-8)7-5-10-12-11-7/h2,4-5H,1,3,9H2,(H,10,11,12). The van der Waals surface area contributed by atoms with Crippen LogP contribution in [0.1, 0.15) is 4.88 Å². The Hall–Kier alpha value is -1.20. The second-order valence-corrected chi connectivity index (χ2v) is 3.65. The van der Waals surface area contributed by atoms with Crippen molar-refractivity contribution in [2.24, 2.45) is 5.73 Å². The van der Waals surface area contributed by atoms with E-state index in [1.807, 2.05) is 6.07 Å². The van der Waals surface area contributed by atoms with Gasteiger partial charge in [0.2, 0.25) is 0 Å². The molecule has 0 spiro atoms. The molecule has 0 radical (unpaired) electrons. The maximum Gasteiger partial charge on any atom is 0.113 e. The number of H-pyrrole nitrogens is 1. The third-order valence-corrected chi connectivity index (χ3v) is 2.79. The molecule has 0 saturated carbocycles. The van der Waals surface area contributed by atoms with Gasteiger partial charge < -0.3 is 5.73 Å². The maximum absolute atomic E-state index is 5.50. The Balaban J connectivity index is 2.35. The lowest BCUT2D eigenvalue weighted by atomic mass is 10.2. The quantitative estimate of drug-likeness (QED) is 0.767. The summed E-state index contributed by atoms with van der Waals surface area (Å²) in [7, 11) is 0. The summed E-state index contributed by atoms with van der Waals surface area (Å²) in [6.45, 7) is 0.672. The molecular weight excluding hydrogens is 184 g/mol. The Morgan fingerprint density at radius 2 is 2.46 bits per heavy atom. The van der Waals surface area contributed by atoms with E-state index in [-0.39, 0.29) is 0 Å². The molecule has 2 aromatic rings. The zero-order valence-corrected chi connectivity index (χ0v) is 7.84. The molecule has 2 rings (SSSR count). The first-order chi connectivity index (χ1) is 6.42. The van der Waals surface area contributed by atoms with Crippen molar-refractivity contribution in [3.05, 3.63) is 22.5 Å². The van der Waals surface area contributed by atoms with E-state index < -0.39 is 0 Å². The van der Waals surface area contributed by atoms with Crippen LogP contribution in [0, 0.1) is 0 Å². The molecule has 2 aromatic heterocycles. The molecule has 4 nitrogen and oxygen atoms in total. The molecule has 0 unspecified atom stereocenters. The topological polar surface area (TPSA) is 67.6 Å². The molecule has 0 aliphatic heterocycles. The van der Waals surface area contributed by atoms with Crippen molar-refractivity contribution in [2.45, 2.75) is 6.42 Å². The molecule has 68 valence electrons. The summed E-state index contributed by atoms with van der Waals surface area (Å²) in [6, 6.07) is 2.05. The minimum absolute atomic E-state index is 0.672. The zero-order chi connectivity index (χ0) is 9.10. The Bertz CT molecular complexity index is 365. The van der Waals surface area contributed by atoms with Crippen LogP contribution in [-0.2, 0) is 6.42 Å². The molecule has 0 aliphatic carbocycles. The first-order valence-corrected chi connectivity index (χ1v) is 4.92. The average molecular weight is 194 g/mol. The van der Waals surface area contributed by atoms with Gasteiger partial charge in [-0.15, -0.1) is 11.3 Å². The molecule has 0 bridgehead atoms. The van der Waals surface area contributed by atoms with E-state index in [0.29, 0.717) is 6.54 Å². The van der Waals surface area contributed by atoms with Crippen LogP contribution < -0.4 is 5.73 Å². The van der Waals surface area contributed by atoms with Crippen LogP contribution in [0.3, 0.4) is 0 Å². The summed E-state index contributed by atoms with van der Waals surface area (Å²) in [5.74, 6) is 0. The first kappa shape index (κ1) is 8.40. The van der Waals surface area contributed by atoms with Gasteiger partial charge in [-0.1, -0.05) is 0 Å². The number of nitrogens with two attached hydrogens (primary N) is 1. The van der Waals surface area contributed by atoms with E-state index in [0.717, 1.165) is 17.7 Å². The summed E-state index contributed by atoms with van der Waals surface area (Å²) >= 11 is 1.71. The Kier molecular flexibility index (Phi) is 2.37. The lowest BCUT2D eigenvalue weighted by molar-refractivity contribution is 0.940. The molecule has 13 heavy (non-hydrogen) atoms. The van der Waals surface area contributed by atoms with Gasteiger partial charge in [-0.2, -0.15) is 15.4 Å². The second-order valence-electron chi connectivity index (χ2n) is 2.65. The van der Waals surface area contributed by atoms with Gasteiger partial charge >= 0.3 is 0 Å². The third-order valence-electron chi connectivity index (χ3n) is 1.81. The molecule has 3 N–H and O–H groups in total. The van der Waals surface area contributed by atoms with Gasteiger partial charge in [0.15, 0.2) is 0 Å². The number of aromatic amines is 1. The second kappa shape index (κ2) is 3.68. The minimum Gasteiger partial charge on any atom is -0.330 e. The van der Waals surface area contributed by atoms with Gasteiger partial charge in [0.1, 0.15) is 5.69 Å². The highest BCUT2D eigenvalue weighted by Gasteiger charge is 2.07. The van der Waals surface area contributed by atoms with Crippen LogP contribution in [0.5, 0.6) is 0 Å². The Morgan fingerprint density at radius 3 is 3.15 bits per heavy atom. The largest absolute Gasteiger partial charge is 0.330 e. The average Bonchev–Trinajstić information content (AvgIpc) is 2.71. The lowest BCUT2D eigenvalue weighted by Crippen LogP contribution is -2.01. The van der Waals surface area contributed by atoms with Crippen LogP contribution in [0.4, 0.5) is 0 Å². The van der Waals surface area contributed by atoms with Gasteiger partial charge in [-0.25, -0.2) is 0 Å². The number of hydrogen-bond donors (Lipinski definition) is 2. The Morgan fingerprint density at radius 1 is 1.54 bits per heavy atom. The van der Waals surface area contributed by atoms with E-state index in [4.69, 9.17) is 5.73 Å². The highest BCUT2D eigenvalue weighted by molar-refractivity contribution is 7.10. The summed E-state index contributed by atoms with van der Waals surface area (Å²) in [5.41, 5.74) is 7.54. The molecule has 2 heterocycles. The molecule has 0 amide bonds. The van der Waals surface area contributed by atoms with E-state index >= 15 is 0 Å². The zero-order valence-electron chi connectivity index (χ0n) is 7.03. The summed E-state index contributed by atoms with van der Waals surface area (Å²) in [4.78, 5) is 1.27. The number of rotatable bonds is 3. The molecule has 0 aliphatic rings. The van der Waals surface area contributed by atoms with Crippen molar-refractivity contribution in [2.75, 3.05) is 6.54 Å². The SMILES string of the molecule is NCCc1sccc1-c1cn[nH]n1. The highest BCUT2D eigenvalue weighted by Crippen LogP contribution is 2.25. The number of aromatic nitrogens is 3. The predicted octanol–water partition coefficient (Wildman–Crippen LogP) is 1.03. The molecule has 0 atom stereocenters. The van der Waals surface area contributed by atoms with E-state index in [1.165, 1.54) is 4.88 Å². The number of nitrogens with zero attached hydrogens (tertiary/aromatic N) is 2. The van der Waals surface area contributed by atoms with E-state index in [9.17, 15) is 0 Å². The summed E-state index contributed by atoms with van der Waals surface area (Å²) in [5, 5.41) is 12.5. The number of hydrogen-bond acceptors (Lipinski definition) is 4. The van der Waals surface area contributed by atoms with Gasteiger partial charge in [0.25, 0.3) is 0 Å². The van der Waals surface area contributed by atoms with Crippen LogP contribution in [0.2, 0.25) is 0 Å². The molecule has 0 aromatic carbocycles. The van der Waals surface area contributed by atoms with Crippen LogP contribution >= 0.6 is 11.3 Å². The monoisotopic (exact) mass is 194 g/mol.